The molecular formula is C20H27ClN2O2. The van der Waals surface area contributed by atoms with Crippen LogP contribution in [-0.2, 0) is 6.42 Å². The molecule has 0 heterocycles. The lowest BCUT2D eigenvalue weighted by Crippen LogP contribution is -2.24. The van der Waals surface area contributed by atoms with E-state index in [1.165, 1.54) is 5.56 Å². The maximum absolute atomic E-state index is 5.89. The van der Waals surface area contributed by atoms with Gasteiger partial charge in [-0.2, -0.15) is 0 Å². The molecule has 0 bridgehead atoms. The number of nitrogens with zero attached hydrogens (tertiary/aromatic N) is 1. The molecule has 2 aromatic carbocycles. The lowest BCUT2D eigenvalue weighted by molar-refractivity contribution is 0.335. The summed E-state index contributed by atoms with van der Waals surface area (Å²) in [6, 6.07) is 13.9. The number of methoxy groups -OCH3 is 2. The predicted octanol–water partition coefficient (Wildman–Crippen LogP) is 4.33. The van der Waals surface area contributed by atoms with Gasteiger partial charge in [-0.15, -0.1) is 0 Å². The van der Waals surface area contributed by atoms with Crippen LogP contribution in [0.2, 0.25) is 5.02 Å². The van der Waals surface area contributed by atoms with Gasteiger partial charge in [0.05, 0.1) is 14.2 Å². The molecule has 0 spiro atoms. The molecule has 1 N–H and O–H groups in total. The molecule has 0 aliphatic rings. The zero-order valence-corrected chi connectivity index (χ0v) is 16.0. The third-order valence-electron chi connectivity index (χ3n) is 4.12. The number of nitrogens with one attached hydrogen (secondary N) is 1. The van der Waals surface area contributed by atoms with Crippen LogP contribution < -0.4 is 14.8 Å². The van der Waals surface area contributed by atoms with Gasteiger partial charge >= 0.3 is 0 Å². The minimum Gasteiger partial charge on any atom is -0.493 e. The number of benzene rings is 2. The molecule has 0 saturated carbocycles. The summed E-state index contributed by atoms with van der Waals surface area (Å²) < 4.78 is 10.6. The second-order valence-corrected chi connectivity index (χ2v) is 6.47. The fraction of sp³-hybridized carbons (Fsp3) is 0.400. The Morgan fingerprint density at radius 2 is 1.68 bits per heavy atom. The molecule has 0 atom stereocenters. The summed E-state index contributed by atoms with van der Waals surface area (Å²) in [6.07, 6.45) is 2.08. The molecule has 0 fully saturated rings. The van der Waals surface area contributed by atoms with Crippen molar-refractivity contribution in [3.05, 3.63) is 53.1 Å². The van der Waals surface area contributed by atoms with Gasteiger partial charge in [0.15, 0.2) is 11.5 Å². The fourth-order valence-corrected chi connectivity index (χ4v) is 2.74. The Morgan fingerprint density at radius 1 is 0.960 bits per heavy atom. The summed E-state index contributed by atoms with van der Waals surface area (Å²) in [5, 5.41) is 4.18. The Morgan fingerprint density at radius 3 is 2.36 bits per heavy atom. The van der Waals surface area contributed by atoms with Crippen LogP contribution in [0.4, 0.5) is 5.69 Å². The summed E-state index contributed by atoms with van der Waals surface area (Å²) >= 11 is 5.89. The van der Waals surface area contributed by atoms with E-state index in [1.54, 1.807) is 14.2 Å². The largest absolute Gasteiger partial charge is 0.493 e. The summed E-state index contributed by atoms with van der Waals surface area (Å²) in [5.74, 6) is 1.56. The van der Waals surface area contributed by atoms with Crippen LogP contribution in [0.25, 0.3) is 0 Å². The molecule has 0 amide bonds. The Hall–Kier alpha value is -1.91. The van der Waals surface area contributed by atoms with Crippen LogP contribution in [-0.4, -0.2) is 45.8 Å². The second-order valence-electron chi connectivity index (χ2n) is 6.03. The summed E-state index contributed by atoms with van der Waals surface area (Å²) in [4.78, 5) is 2.35. The van der Waals surface area contributed by atoms with Crippen molar-refractivity contribution in [3.63, 3.8) is 0 Å². The van der Waals surface area contributed by atoms with Gasteiger partial charge in [0.2, 0.25) is 0 Å². The first-order chi connectivity index (χ1) is 12.1. The Kier molecular flexibility index (Phi) is 7.89. The normalized spacial score (nSPS) is 10.8. The first kappa shape index (κ1) is 19.4. The highest BCUT2D eigenvalue weighted by molar-refractivity contribution is 6.30. The van der Waals surface area contributed by atoms with Crippen molar-refractivity contribution in [2.24, 2.45) is 0 Å². The Bertz CT molecular complexity index is 647. The maximum atomic E-state index is 5.89. The number of rotatable bonds is 10. The topological polar surface area (TPSA) is 33.7 Å². The van der Waals surface area contributed by atoms with Gasteiger partial charge in [-0.1, -0.05) is 17.7 Å². The monoisotopic (exact) mass is 362 g/mol. The molecule has 0 unspecified atom stereocenters. The molecule has 0 aliphatic carbocycles. The lowest BCUT2D eigenvalue weighted by Gasteiger charge is -2.17. The minimum absolute atomic E-state index is 0.764. The molecule has 136 valence electrons. The fourth-order valence-electron chi connectivity index (χ4n) is 2.62. The highest BCUT2D eigenvalue weighted by Crippen LogP contribution is 2.27. The molecule has 2 rings (SSSR count). The molecular weight excluding hydrogens is 336 g/mol. The Labute approximate surface area is 155 Å². The quantitative estimate of drug-likeness (QED) is 0.638. The molecule has 2 aromatic rings. The van der Waals surface area contributed by atoms with Crippen molar-refractivity contribution < 1.29 is 9.47 Å². The van der Waals surface area contributed by atoms with Gasteiger partial charge in [0.25, 0.3) is 0 Å². The van der Waals surface area contributed by atoms with Crippen molar-refractivity contribution in [2.75, 3.05) is 46.2 Å². The van der Waals surface area contributed by atoms with Crippen LogP contribution in [0, 0.1) is 0 Å². The third kappa shape index (κ3) is 6.48. The standard InChI is InChI=1S/C20H27ClN2O2/c1-23(13-4-12-22-18-8-6-17(21)7-9-18)14-11-16-5-10-19(24-2)20(15-16)25-3/h5-10,15,22H,4,11-14H2,1-3H3. The molecule has 0 saturated heterocycles. The van der Waals surface area contributed by atoms with Gasteiger partial charge in [-0.05, 0) is 68.4 Å². The number of ether oxygens (including phenoxy) is 2. The average molecular weight is 363 g/mol. The van der Waals surface area contributed by atoms with E-state index in [4.69, 9.17) is 21.1 Å². The molecule has 5 heteroatoms. The first-order valence-corrected chi connectivity index (χ1v) is 8.89. The average Bonchev–Trinajstić information content (AvgIpc) is 2.64. The van der Waals surface area contributed by atoms with Crippen LogP contribution in [0.15, 0.2) is 42.5 Å². The van der Waals surface area contributed by atoms with Crippen molar-refractivity contribution in [1.82, 2.24) is 4.90 Å². The number of anilines is 1. The molecule has 0 aliphatic heterocycles. The van der Waals surface area contributed by atoms with E-state index in [9.17, 15) is 0 Å². The lowest BCUT2D eigenvalue weighted by atomic mass is 10.1. The van der Waals surface area contributed by atoms with E-state index in [1.807, 2.05) is 30.3 Å². The van der Waals surface area contributed by atoms with Crippen molar-refractivity contribution in [3.8, 4) is 11.5 Å². The smallest absolute Gasteiger partial charge is 0.160 e. The highest BCUT2D eigenvalue weighted by atomic mass is 35.5. The maximum Gasteiger partial charge on any atom is 0.160 e. The molecule has 4 nitrogen and oxygen atoms in total. The summed E-state index contributed by atoms with van der Waals surface area (Å²) in [6.45, 7) is 3.01. The van der Waals surface area contributed by atoms with Gasteiger partial charge in [-0.25, -0.2) is 0 Å². The second kappa shape index (κ2) is 10.2. The molecule has 0 aromatic heterocycles. The van der Waals surface area contributed by atoms with E-state index in [0.29, 0.717) is 0 Å². The predicted molar refractivity (Wildman–Crippen MR) is 105 cm³/mol. The van der Waals surface area contributed by atoms with Crippen molar-refractivity contribution in [2.45, 2.75) is 12.8 Å². The van der Waals surface area contributed by atoms with Crippen molar-refractivity contribution in [1.29, 1.82) is 0 Å². The van der Waals surface area contributed by atoms with Gasteiger partial charge in [0, 0.05) is 23.8 Å². The van der Waals surface area contributed by atoms with Crippen molar-refractivity contribution >= 4 is 17.3 Å². The Balaban J connectivity index is 1.68. The summed E-state index contributed by atoms with van der Waals surface area (Å²) in [7, 11) is 5.48. The van der Waals surface area contributed by atoms with E-state index < -0.39 is 0 Å². The van der Waals surface area contributed by atoms with E-state index in [-0.39, 0.29) is 0 Å². The summed E-state index contributed by atoms with van der Waals surface area (Å²) in [5.41, 5.74) is 2.36. The zero-order chi connectivity index (χ0) is 18.1. The van der Waals surface area contributed by atoms with Crippen LogP contribution in [0.1, 0.15) is 12.0 Å². The minimum atomic E-state index is 0.764. The number of hydrogen-bond acceptors (Lipinski definition) is 4. The number of hydrogen-bond donors (Lipinski definition) is 1. The number of halogens is 1. The first-order valence-electron chi connectivity index (χ1n) is 8.51. The van der Waals surface area contributed by atoms with Crippen LogP contribution in [0.5, 0.6) is 11.5 Å². The highest BCUT2D eigenvalue weighted by Gasteiger charge is 2.05. The van der Waals surface area contributed by atoms with Crippen LogP contribution in [0.3, 0.4) is 0 Å². The van der Waals surface area contributed by atoms with E-state index >= 15 is 0 Å². The number of likely N-dealkylation sites (N-methyl/N-ethyl adjacent to an activating group) is 1. The van der Waals surface area contributed by atoms with E-state index in [0.717, 1.165) is 54.7 Å². The van der Waals surface area contributed by atoms with Gasteiger partial charge in [-0.3, -0.25) is 0 Å². The SMILES string of the molecule is COc1ccc(CCN(C)CCCNc2ccc(Cl)cc2)cc1OC. The van der Waals surface area contributed by atoms with Crippen LogP contribution >= 0.6 is 11.6 Å². The van der Waals surface area contributed by atoms with E-state index in [2.05, 4.69) is 29.4 Å². The zero-order valence-electron chi connectivity index (χ0n) is 15.2. The van der Waals surface area contributed by atoms with Gasteiger partial charge in [0.1, 0.15) is 0 Å². The molecule has 0 radical (unpaired) electrons. The third-order valence-corrected chi connectivity index (χ3v) is 4.37. The molecule has 25 heavy (non-hydrogen) atoms. The van der Waals surface area contributed by atoms with Gasteiger partial charge < -0.3 is 19.7 Å².